The van der Waals surface area contributed by atoms with Gasteiger partial charge in [-0.25, -0.2) is 4.79 Å². The van der Waals surface area contributed by atoms with Gasteiger partial charge in [0.05, 0.1) is 11.9 Å². The number of hydrogen-bond donors (Lipinski definition) is 1. The van der Waals surface area contributed by atoms with Crippen LogP contribution in [0, 0.1) is 5.92 Å². The second-order valence-corrected chi connectivity index (χ2v) is 5.11. The fourth-order valence-electron chi connectivity index (χ4n) is 2.26. The van der Waals surface area contributed by atoms with Crippen LogP contribution >= 0.6 is 0 Å². The molecule has 1 aliphatic carbocycles. The quantitative estimate of drug-likeness (QED) is 0.802. The third kappa shape index (κ3) is 3.10. The lowest BCUT2D eigenvalue weighted by molar-refractivity contribution is 0.0694. The summed E-state index contributed by atoms with van der Waals surface area (Å²) < 4.78 is 1.68. The van der Waals surface area contributed by atoms with Crippen molar-refractivity contribution in [2.24, 2.45) is 13.0 Å². The van der Waals surface area contributed by atoms with Crippen LogP contribution in [0.2, 0.25) is 0 Å². The lowest BCUT2D eigenvalue weighted by atomic mass is 10.2. The van der Waals surface area contributed by atoms with Crippen molar-refractivity contribution in [1.29, 1.82) is 0 Å². The van der Waals surface area contributed by atoms with Gasteiger partial charge in [0, 0.05) is 20.1 Å². The van der Waals surface area contributed by atoms with E-state index in [-0.39, 0.29) is 0 Å². The van der Waals surface area contributed by atoms with Crippen LogP contribution in [0.4, 0.5) is 0 Å². The molecule has 0 unspecified atom stereocenters. The Bertz CT molecular complexity index is 424. The summed E-state index contributed by atoms with van der Waals surface area (Å²) in [5, 5.41) is 13.2. The minimum atomic E-state index is -0.888. The number of carboxylic acid groups (broad SMARTS) is 1. The molecule has 0 atom stereocenters. The molecule has 2 rings (SSSR count). The maximum Gasteiger partial charge on any atom is 0.339 e. The third-order valence-corrected chi connectivity index (χ3v) is 3.42. The number of aromatic carboxylic acids is 1. The van der Waals surface area contributed by atoms with Crippen LogP contribution in [0.25, 0.3) is 0 Å². The Morgan fingerprint density at radius 3 is 2.89 bits per heavy atom. The van der Waals surface area contributed by atoms with E-state index < -0.39 is 5.97 Å². The van der Waals surface area contributed by atoms with Gasteiger partial charge < -0.3 is 5.11 Å². The van der Waals surface area contributed by atoms with E-state index in [0.29, 0.717) is 12.1 Å². The fraction of sp³-hybridized carbons (Fsp3) is 0.692. The van der Waals surface area contributed by atoms with E-state index in [9.17, 15) is 4.79 Å². The Labute approximate surface area is 107 Å². The molecular weight excluding hydrogens is 230 g/mol. The second kappa shape index (κ2) is 5.52. The Morgan fingerprint density at radius 2 is 2.33 bits per heavy atom. The Morgan fingerprint density at radius 1 is 1.61 bits per heavy atom. The Kier molecular flexibility index (Phi) is 4.01. The van der Waals surface area contributed by atoms with Crippen molar-refractivity contribution < 1.29 is 9.90 Å². The second-order valence-electron chi connectivity index (χ2n) is 5.11. The Hall–Kier alpha value is -1.36. The summed E-state index contributed by atoms with van der Waals surface area (Å²) in [5.41, 5.74) is 1.13. The van der Waals surface area contributed by atoms with Gasteiger partial charge >= 0.3 is 5.97 Å². The summed E-state index contributed by atoms with van der Waals surface area (Å²) in [5.74, 6) is -0.0703. The highest BCUT2D eigenvalue weighted by Crippen LogP contribution is 2.30. The van der Waals surface area contributed by atoms with Crippen LogP contribution in [0.5, 0.6) is 0 Å². The summed E-state index contributed by atoms with van der Waals surface area (Å²) in [6.07, 6.45) is 5.17. The van der Waals surface area contributed by atoms with Crippen molar-refractivity contribution in [3.63, 3.8) is 0 Å². The zero-order valence-corrected chi connectivity index (χ0v) is 11.1. The summed E-state index contributed by atoms with van der Waals surface area (Å²) in [4.78, 5) is 13.5. The monoisotopic (exact) mass is 251 g/mol. The van der Waals surface area contributed by atoms with Crippen molar-refractivity contribution in [3.05, 3.63) is 17.5 Å². The van der Waals surface area contributed by atoms with Gasteiger partial charge in [-0.2, -0.15) is 5.10 Å². The van der Waals surface area contributed by atoms with Crippen LogP contribution in [-0.2, 0) is 13.6 Å². The van der Waals surface area contributed by atoms with Crippen LogP contribution in [-0.4, -0.2) is 38.8 Å². The third-order valence-electron chi connectivity index (χ3n) is 3.42. The van der Waals surface area contributed by atoms with Crippen molar-refractivity contribution in [1.82, 2.24) is 14.7 Å². The Balaban J connectivity index is 2.08. The minimum Gasteiger partial charge on any atom is -0.478 e. The van der Waals surface area contributed by atoms with E-state index in [0.717, 1.165) is 31.1 Å². The van der Waals surface area contributed by atoms with Crippen LogP contribution in [0.1, 0.15) is 42.2 Å². The number of carboxylic acids is 1. The van der Waals surface area contributed by atoms with Crippen molar-refractivity contribution >= 4 is 5.97 Å². The van der Waals surface area contributed by atoms with Gasteiger partial charge in [-0.05, 0) is 31.7 Å². The zero-order valence-electron chi connectivity index (χ0n) is 11.1. The number of hydrogen-bond acceptors (Lipinski definition) is 3. The van der Waals surface area contributed by atoms with Gasteiger partial charge in [0.25, 0.3) is 0 Å². The first-order valence-electron chi connectivity index (χ1n) is 6.58. The molecular formula is C13H21N3O2. The molecule has 0 saturated heterocycles. The maximum absolute atomic E-state index is 11.1. The normalized spacial score (nSPS) is 15.3. The zero-order chi connectivity index (χ0) is 13.1. The predicted molar refractivity (Wildman–Crippen MR) is 68.5 cm³/mol. The van der Waals surface area contributed by atoms with Crippen LogP contribution in [0.15, 0.2) is 6.20 Å². The van der Waals surface area contributed by atoms with Gasteiger partial charge in [0.1, 0.15) is 5.56 Å². The number of rotatable bonds is 7. The molecule has 1 N–H and O–H groups in total. The number of aromatic nitrogens is 2. The smallest absolute Gasteiger partial charge is 0.339 e. The molecule has 0 radical (unpaired) electrons. The lowest BCUT2D eigenvalue weighted by Crippen LogP contribution is -2.28. The molecule has 0 aromatic carbocycles. The van der Waals surface area contributed by atoms with Gasteiger partial charge in [-0.15, -0.1) is 0 Å². The largest absolute Gasteiger partial charge is 0.478 e. The van der Waals surface area contributed by atoms with Crippen LogP contribution < -0.4 is 0 Å². The summed E-state index contributed by atoms with van der Waals surface area (Å²) >= 11 is 0. The van der Waals surface area contributed by atoms with Gasteiger partial charge in [-0.1, -0.05) is 6.92 Å². The topological polar surface area (TPSA) is 58.4 Å². The van der Waals surface area contributed by atoms with Crippen molar-refractivity contribution in [3.8, 4) is 0 Å². The van der Waals surface area contributed by atoms with Crippen LogP contribution in [0.3, 0.4) is 0 Å². The molecule has 1 heterocycles. The molecule has 1 aromatic rings. The van der Waals surface area contributed by atoms with Gasteiger partial charge in [0.15, 0.2) is 0 Å². The van der Waals surface area contributed by atoms with E-state index in [1.165, 1.54) is 19.0 Å². The van der Waals surface area contributed by atoms with Crippen molar-refractivity contribution in [2.75, 3.05) is 13.1 Å². The number of carbonyl (C=O) groups is 1. The van der Waals surface area contributed by atoms with E-state index in [2.05, 4.69) is 16.9 Å². The molecule has 0 spiro atoms. The van der Waals surface area contributed by atoms with Gasteiger partial charge in [-0.3, -0.25) is 9.58 Å². The molecule has 100 valence electrons. The fourth-order valence-corrected chi connectivity index (χ4v) is 2.26. The molecule has 0 bridgehead atoms. The average molecular weight is 251 g/mol. The molecule has 1 aliphatic rings. The summed E-state index contributed by atoms with van der Waals surface area (Å²) in [6.45, 7) is 4.93. The molecule has 1 fully saturated rings. The highest BCUT2D eigenvalue weighted by Gasteiger charge is 2.25. The molecule has 0 aliphatic heterocycles. The molecule has 1 aromatic heterocycles. The number of aryl methyl sites for hydroxylation is 1. The highest BCUT2D eigenvalue weighted by atomic mass is 16.4. The van der Waals surface area contributed by atoms with E-state index in [1.54, 1.807) is 4.68 Å². The standard InChI is InChI=1S/C13H21N3O2/c1-3-6-16(8-10-4-5-10)9-12-11(13(17)18)7-14-15(12)2/h7,10H,3-6,8-9H2,1-2H3,(H,17,18). The first-order chi connectivity index (χ1) is 8.61. The molecule has 18 heavy (non-hydrogen) atoms. The maximum atomic E-state index is 11.1. The lowest BCUT2D eigenvalue weighted by Gasteiger charge is -2.21. The molecule has 5 heteroatoms. The first kappa shape index (κ1) is 13.1. The minimum absolute atomic E-state index is 0.328. The highest BCUT2D eigenvalue weighted by molar-refractivity contribution is 5.88. The van der Waals surface area contributed by atoms with E-state index in [1.807, 2.05) is 7.05 Å². The van der Waals surface area contributed by atoms with E-state index in [4.69, 9.17) is 5.11 Å². The first-order valence-corrected chi connectivity index (χ1v) is 6.58. The summed E-state index contributed by atoms with van der Waals surface area (Å²) in [6, 6.07) is 0. The number of nitrogens with zero attached hydrogens (tertiary/aromatic N) is 3. The molecule has 0 amide bonds. The van der Waals surface area contributed by atoms with E-state index >= 15 is 0 Å². The summed E-state index contributed by atoms with van der Waals surface area (Å²) in [7, 11) is 1.81. The predicted octanol–water partition coefficient (Wildman–Crippen LogP) is 1.74. The average Bonchev–Trinajstić information content (AvgIpc) is 3.04. The van der Waals surface area contributed by atoms with Gasteiger partial charge in [0.2, 0.25) is 0 Å². The van der Waals surface area contributed by atoms with Crippen molar-refractivity contribution in [2.45, 2.75) is 32.7 Å². The molecule has 1 saturated carbocycles. The molecule has 5 nitrogen and oxygen atoms in total. The SMILES string of the molecule is CCCN(Cc1c(C(=O)O)cnn1C)CC1CC1.